The molecular weight excluding hydrogens is 352 g/mol. The smallest absolute Gasteiger partial charge is 0.314 e. The first-order chi connectivity index (χ1) is 12.2. The van der Waals surface area contributed by atoms with Gasteiger partial charge >= 0.3 is 5.97 Å². The summed E-state index contributed by atoms with van der Waals surface area (Å²) in [6.45, 7) is 3.99. The summed E-state index contributed by atoms with van der Waals surface area (Å²) in [7, 11) is -1.66. The van der Waals surface area contributed by atoms with Crippen molar-refractivity contribution in [3.05, 3.63) is 58.7 Å². The average molecular weight is 374 g/mol. The molecule has 2 unspecified atom stereocenters. The number of esters is 1. The quantitative estimate of drug-likeness (QED) is 0.769. The van der Waals surface area contributed by atoms with Crippen LogP contribution in [-0.4, -0.2) is 34.4 Å². The van der Waals surface area contributed by atoms with E-state index >= 15 is 0 Å². The molecule has 2 aromatic carbocycles. The molecule has 0 saturated carbocycles. The van der Waals surface area contributed by atoms with Gasteiger partial charge in [0.1, 0.15) is 5.75 Å². The Balaban J connectivity index is 2.01. The molecule has 1 aliphatic rings. The fourth-order valence-corrected chi connectivity index (χ4v) is 4.55. The number of hydrogen-bond acceptors (Lipinski definition) is 5. The monoisotopic (exact) mass is 374 g/mol. The summed E-state index contributed by atoms with van der Waals surface area (Å²) in [5.41, 5.74) is 3.40. The van der Waals surface area contributed by atoms with Crippen LogP contribution in [0.3, 0.4) is 0 Å². The van der Waals surface area contributed by atoms with Gasteiger partial charge in [0, 0.05) is 12.2 Å². The fraction of sp³-hybridized carbons (Fsp3) is 0.350. The molecule has 0 spiro atoms. The van der Waals surface area contributed by atoms with Crippen molar-refractivity contribution in [2.24, 2.45) is 0 Å². The zero-order valence-electron chi connectivity index (χ0n) is 15.3. The maximum Gasteiger partial charge on any atom is 0.314 e. The number of sulfone groups is 1. The van der Waals surface area contributed by atoms with Crippen molar-refractivity contribution in [3.63, 3.8) is 0 Å². The zero-order chi connectivity index (χ0) is 19.1. The molecule has 5 nitrogen and oxygen atoms in total. The van der Waals surface area contributed by atoms with Crippen LogP contribution in [0.2, 0.25) is 0 Å². The van der Waals surface area contributed by atoms with Gasteiger partial charge in [-0.1, -0.05) is 24.3 Å². The fourth-order valence-electron chi connectivity index (χ4n) is 3.59. The van der Waals surface area contributed by atoms with Crippen LogP contribution >= 0.6 is 0 Å². The van der Waals surface area contributed by atoms with E-state index in [1.54, 1.807) is 26.2 Å². The highest BCUT2D eigenvalue weighted by Gasteiger charge is 2.39. The third kappa shape index (κ3) is 3.33. The molecule has 1 saturated heterocycles. The van der Waals surface area contributed by atoms with E-state index in [1.807, 2.05) is 31.2 Å². The standard InChI is InChI=1S/C20H22O5S/c1-12-9-15(5-7-17(12)24-3)19-16(11-25-20(19)21)14-6-8-18(13(2)10-14)26(4,22)23/h5-10,16,19H,11H2,1-4H3. The van der Waals surface area contributed by atoms with Crippen LogP contribution in [0.15, 0.2) is 41.3 Å². The molecule has 138 valence electrons. The van der Waals surface area contributed by atoms with E-state index in [0.717, 1.165) is 22.4 Å². The van der Waals surface area contributed by atoms with Crippen molar-refractivity contribution in [1.29, 1.82) is 0 Å². The van der Waals surface area contributed by atoms with Gasteiger partial charge < -0.3 is 9.47 Å². The summed E-state index contributed by atoms with van der Waals surface area (Å²) >= 11 is 0. The van der Waals surface area contributed by atoms with Gasteiger partial charge in [0.05, 0.1) is 24.5 Å². The number of carbonyl (C=O) groups excluding carboxylic acids is 1. The molecule has 6 heteroatoms. The van der Waals surface area contributed by atoms with Crippen molar-refractivity contribution in [1.82, 2.24) is 0 Å². The summed E-state index contributed by atoms with van der Waals surface area (Å²) < 4.78 is 34.3. The van der Waals surface area contributed by atoms with Gasteiger partial charge in [-0.05, 0) is 48.2 Å². The molecule has 2 aromatic rings. The molecule has 0 N–H and O–H groups in total. The predicted molar refractivity (Wildman–Crippen MR) is 98.5 cm³/mol. The van der Waals surface area contributed by atoms with E-state index in [9.17, 15) is 13.2 Å². The zero-order valence-corrected chi connectivity index (χ0v) is 16.1. The van der Waals surface area contributed by atoms with Crippen molar-refractivity contribution < 1.29 is 22.7 Å². The lowest BCUT2D eigenvalue weighted by molar-refractivity contribution is -0.139. The Morgan fingerprint density at radius 2 is 1.69 bits per heavy atom. The van der Waals surface area contributed by atoms with Crippen molar-refractivity contribution in [2.45, 2.75) is 30.6 Å². The molecule has 3 rings (SSSR count). The molecule has 1 heterocycles. The maximum absolute atomic E-state index is 12.4. The van der Waals surface area contributed by atoms with Crippen molar-refractivity contribution in [2.75, 3.05) is 20.0 Å². The Morgan fingerprint density at radius 3 is 2.27 bits per heavy atom. The highest BCUT2D eigenvalue weighted by Crippen LogP contribution is 2.41. The second-order valence-electron chi connectivity index (χ2n) is 6.74. The lowest BCUT2D eigenvalue weighted by Gasteiger charge is -2.18. The normalized spacial score (nSPS) is 20.1. The largest absolute Gasteiger partial charge is 0.496 e. The van der Waals surface area contributed by atoms with E-state index < -0.39 is 15.8 Å². The summed E-state index contributed by atoms with van der Waals surface area (Å²) in [5, 5.41) is 0. The Morgan fingerprint density at radius 1 is 1.04 bits per heavy atom. The minimum Gasteiger partial charge on any atom is -0.496 e. The summed E-state index contributed by atoms with van der Waals surface area (Å²) in [4.78, 5) is 12.7. The molecular formula is C20H22O5S. The lowest BCUT2D eigenvalue weighted by atomic mass is 9.83. The number of aryl methyl sites for hydroxylation is 2. The van der Waals surface area contributed by atoms with Crippen LogP contribution in [0.5, 0.6) is 5.75 Å². The van der Waals surface area contributed by atoms with E-state index in [2.05, 4.69) is 0 Å². The topological polar surface area (TPSA) is 69.7 Å². The van der Waals surface area contributed by atoms with Gasteiger partial charge in [-0.25, -0.2) is 8.42 Å². The number of cyclic esters (lactones) is 1. The third-order valence-corrected chi connectivity index (χ3v) is 6.12. The summed E-state index contributed by atoms with van der Waals surface area (Å²) in [6.07, 6.45) is 1.19. The molecule has 0 amide bonds. The average Bonchev–Trinajstić information content (AvgIpc) is 2.95. The molecule has 0 aliphatic carbocycles. The van der Waals surface area contributed by atoms with Crippen LogP contribution in [0.1, 0.15) is 34.1 Å². The minimum absolute atomic E-state index is 0.150. The lowest BCUT2D eigenvalue weighted by Crippen LogP contribution is -2.13. The third-order valence-electron chi connectivity index (χ3n) is 4.87. The van der Waals surface area contributed by atoms with Crippen molar-refractivity contribution in [3.8, 4) is 5.75 Å². The van der Waals surface area contributed by atoms with E-state index in [1.165, 1.54) is 6.26 Å². The van der Waals surface area contributed by atoms with Crippen LogP contribution < -0.4 is 4.74 Å². The Bertz CT molecular complexity index is 962. The number of ether oxygens (including phenoxy) is 2. The van der Waals surface area contributed by atoms with Gasteiger partial charge in [-0.2, -0.15) is 0 Å². The minimum atomic E-state index is -3.28. The Labute approximate surface area is 153 Å². The molecule has 0 radical (unpaired) electrons. The first-order valence-corrected chi connectivity index (χ1v) is 10.2. The Kier molecular flexibility index (Phi) is 4.80. The predicted octanol–water partition coefficient (Wildman–Crippen LogP) is 3.14. The van der Waals surface area contributed by atoms with E-state index in [4.69, 9.17) is 9.47 Å². The van der Waals surface area contributed by atoms with Gasteiger partial charge in [-0.15, -0.1) is 0 Å². The first kappa shape index (κ1) is 18.5. The second-order valence-corrected chi connectivity index (χ2v) is 8.72. The Hall–Kier alpha value is -2.34. The highest BCUT2D eigenvalue weighted by molar-refractivity contribution is 7.90. The molecule has 2 atom stereocenters. The van der Waals surface area contributed by atoms with Gasteiger partial charge in [0.25, 0.3) is 0 Å². The highest BCUT2D eigenvalue weighted by atomic mass is 32.2. The van der Waals surface area contributed by atoms with Crippen LogP contribution in [0.25, 0.3) is 0 Å². The number of benzene rings is 2. The number of rotatable bonds is 4. The maximum atomic E-state index is 12.4. The van der Waals surface area contributed by atoms with Crippen LogP contribution in [0.4, 0.5) is 0 Å². The van der Waals surface area contributed by atoms with Crippen molar-refractivity contribution >= 4 is 15.8 Å². The van der Waals surface area contributed by atoms with Crippen LogP contribution in [0, 0.1) is 13.8 Å². The molecule has 0 bridgehead atoms. The van der Waals surface area contributed by atoms with Crippen LogP contribution in [-0.2, 0) is 19.4 Å². The number of carbonyl (C=O) groups is 1. The number of methoxy groups -OCH3 is 1. The van der Waals surface area contributed by atoms with Gasteiger partial charge in [0.2, 0.25) is 0 Å². The van der Waals surface area contributed by atoms with E-state index in [-0.39, 0.29) is 18.5 Å². The number of hydrogen-bond donors (Lipinski definition) is 0. The van der Waals surface area contributed by atoms with E-state index in [0.29, 0.717) is 10.5 Å². The molecule has 26 heavy (non-hydrogen) atoms. The molecule has 0 aromatic heterocycles. The molecule has 1 aliphatic heterocycles. The summed E-state index contributed by atoms with van der Waals surface area (Å²) in [5.74, 6) is -0.0554. The first-order valence-electron chi connectivity index (χ1n) is 8.34. The molecule has 1 fully saturated rings. The summed E-state index contributed by atoms with van der Waals surface area (Å²) in [6, 6.07) is 10.9. The van der Waals surface area contributed by atoms with Gasteiger partial charge in [0.15, 0.2) is 9.84 Å². The SMILES string of the molecule is COc1ccc(C2C(=O)OCC2c2ccc(S(C)(=O)=O)c(C)c2)cc1C. The van der Waals surface area contributed by atoms with Gasteiger partial charge in [-0.3, -0.25) is 4.79 Å². The second kappa shape index (κ2) is 6.76.